The van der Waals surface area contributed by atoms with Gasteiger partial charge >= 0.3 is 0 Å². The molecule has 0 aliphatic heterocycles. The van der Waals surface area contributed by atoms with Crippen LogP contribution in [0.5, 0.6) is 5.75 Å². The quantitative estimate of drug-likeness (QED) is 0.520. The molecular formula is C24H22N3O4+. The summed E-state index contributed by atoms with van der Waals surface area (Å²) >= 11 is 0. The van der Waals surface area contributed by atoms with E-state index in [4.69, 9.17) is 9.15 Å². The van der Waals surface area contributed by atoms with Gasteiger partial charge in [0.1, 0.15) is 11.3 Å². The highest BCUT2D eigenvalue weighted by Gasteiger charge is 2.19. The van der Waals surface area contributed by atoms with Gasteiger partial charge in [0.15, 0.2) is 6.20 Å². The molecule has 31 heavy (non-hydrogen) atoms. The summed E-state index contributed by atoms with van der Waals surface area (Å²) in [7, 11) is 1.54. The fraction of sp³-hybridized carbons (Fsp3) is 0.125. The number of aromatic nitrogens is 1. The number of amides is 1. The van der Waals surface area contributed by atoms with E-state index in [1.165, 1.54) is 0 Å². The number of anilines is 1. The molecule has 0 spiro atoms. The topological polar surface area (TPSA) is 98.2 Å². The molecule has 156 valence electrons. The number of hydrogen-bond donors (Lipinski definition) is 2. The molecule has 0 atom stereocenters. The summed E-state index contributed by atoms with van der Waals surface area (Å²) in [4.78, 5) is 20.9. The SMILES string of the molecule is COc1ccccc1NC(=O)c1cc2c(CO)c[nH+]c(C)c2oc1=Nc1ccccc1. The number of aryl methyl sites for hydroxylation is 1. The van der Waals surface area contributed by atoms with Crippen molar-refractivity contribution in [1.82, 2.24) is 0 Å². The van der Waals surface area contributed by atoms with Gasteiger partial charge in [-0.3, -0.25) is 4.79 Å². The number of nitrogens with one attached hydrogen (secondary N) is 2. The van der Waals surface area contributed by atoms with Crippen molar-refractivity contribution < 1.29 is 24.0 Å². The van der Waals surface area contributed by atoms with Crippen molar-refractivity contribution in [3.63, 3.8) is 0 Å². The number of aromatic amines is 1. The summed E-state index contributed by atoms with van der Waals surface area (Å²) in [5.74, 6) is 0.135. The van der Waals surface area contributed by atoms with E-state index in [0.717, 1.165) is 5.69 Å². The van der Waals surface area contributed by atoms with Crippen LogP contribution < -0.4 is 20.6 Å². The molecule has 0 aliphatic rings. The summed E-state index contributed by atoms with van der Waals surface area (Å²) in [5.41, 5.74) is 3.48. The first-order chi connectivity index (χ1) is 15.1. The maximum Gasteiger partial charge on any atom is 0.261 e. The lowest BCUT2D eigenvalue weighted by atomic mass is 10.1. The fourth-order valence-corrected chi connectivity index (χ4v) is 3.27. The number of carbonyl (C=O) groups is 1. The Morgan fingerprint density at radius 3 is 2.65 bits per heavy atom. The first kappa shape index (κ1) is 20.3. The highest BCUT2D eigenvalue weighted by molar-refractivity contribution is 6.06. The van der Waals surface area contributed by atoms with E-state index in [0.29, 0.717) is 33.7 Å². The Kier molecular flexibility index (Phi) is 5.77. The molecule has 2 heterocycles. The predicted molar refractivity (Wildman–Crippen MR) is 116 cm³/mol. The lowest BCUT2D eigenvalue weighted by Crippen LogP contribution is -2.23. The van der Waals surface area contributed by atoms with Gasteiger partial charge in [-0.25, -0.2) is 9.98 Å². The summed E-state index contributed by atoms with van der Waals surface area (Å²) in [6.07, 6.45) is 1.70. The van der Waals surface area contributed by atoms with Gasteiger partial charge in [-0.05, 0) is 30.3 Å². The molecule has 0 saturated carbocycles. The number of methoxy groups -OCH3 is 1. The van der Waals surface area contributed by atoms with Crippen LogP contribution in [0.1, 0.15) is 21.6 Å². The van der Waals surface area contributed by atoms with E-state index in [2.05, 4.69) is 15.3 Å². The number of pyridine rings is 1. The molecule has 0 radical (unpaired) electrons. The standard InChI is InChI=1S/C24H21N3O4/c1-15-22-18(16(14-28)13-25-15)12-19(24(31-22)26-17-8-4-3-5-9-17)23(29)27-20-10-6-7-11-21(20)30-2/h3-13,28H,14H2,1-2H3,(H,27,29)/p+1. The molecule has 0 bridgehead atoms. The number of hydrogen-bond acceptors (Lipinski definition) is 5. The van der Waals surface area contributed by atoms with Crippen molar-refractivity contribution in [3.05, 3.63) is 89.2 Å². The Hall–Kier alpha value is -3.97. The Bertz CT molecular complexity index is 1310. The lowest BCUT2D eigenvalue weighted by Gasteiger charge is -2.11. The van der Waals surface area contributed by atoms with Gasteiger partial charge in [-0.15, -0.1) is 0 Å². The molecule has 0 aliphatic carbocycles. The minimum atomic E-state index is -0.404. The maximum atomic E-state index is 13.3. The van der Waals surface area contributed by atoms with Crippen molar-refractivity contribution >= 4 is 28.3 Å². The van der Waals surface area contributed by atoms with Crippen molar-refractivity contribution in [2.24, 2.45) is 4.99 Å². The molecule has 2 aromatic carbocycles. The molecule has 0 fully saturated rings. The van der Waals surface area contributed by atoms with Crippen LogP contribution in [-0.4, -0.2) is 18.1 Å². The molecule has 1 amide bonds. The summed E-state index contributed by atoms with van der Waals surface area (Å²) in [5, 5.41) is 13.3. The number of para-hydroxylation sites is 3. The molecule has 3 N–H and O–H groups in total. The van der Waals surface area contributed by atoms with Crippen LogP contribution in [0.25, 0.3) is 11.0 Å². The second-order valence-electron chi connectivity index (χ2n) is 6.91. The third kappa shape index (κ3) is 4.17. The van der Waals surface area contributed by atoms with Gasteiger partial charge in [0.05, 0.1) is 30.7 Å². The van der Waals surface area contributed by atoms with Crippen LogP contribution in [0.15, 0.2) is 76.3 Å². The minimum Gasteiger partial charge on any atom is -0.495 e. The average Bonchev–Trinajstić information content (AvgIpc) is 2.80. The summed E-state index contributed by atoms with van der Waals surface area (Å²) < 4.78 is 11.4. The Labute approximate surface area is 178 Å². The lowest BCUT2D eigenvalue weighted by molar-refractivity contribution is -0.386. The Balaban J connectivity index is 1.92. The van der Waals surface area contributed by atoms with Crippen LogP contribution in [0.3, 0.4) is 0 Å². The van der Waals surface area contributed by atoms with Crippen LogP contribution in [0.4, 0.5) is 11.4 Å². The number of aliphatic hydroxyl groups excluding tert-OH is 1. The zero-order valence-corrected chi connectivity index (χ0v) is 17.2. The van der Waals surface area contributed by atoms with Gasteiger partial charge in [-0.2, -0.15) is 0 Å². The first-order valence-electron chi connectivity index (χ1n) is 9.73. The van der Waals surface area contributed by atoms with Crippen LogP contribution >= 0.6 is 0 Å². The molecular weight excluding hydrogens is 394 g/mol. The molecule has 4 aromatic rings. The second kappa shape index (κ2) is 8.81. The van der Waals surface area contributed by atoms with Gasteiger partial charge in [0.25, 0.3) is 5.91 Å². The molecule has 7 heteroatoms. The van der Waals surface area contributed by atoms with Crippen LogP contribution in [0, 0.1) is 6.92 Å². The number of fused-ring (bicyclic) bond motifs is 1. The largest absolute Gasteiger partial charge is 0.495 e. The first-order valence-corrected chi connectivity index (χ1v) is 9.73. The van der Waals surface area contributed by atoms with Crippen molar-refractivity contribution in [2.45, 2.75) is 13.5 Å². The second-order valence-corrected chi connectivity index (χ2v) is 6.91. The molecule has 2 aromatic heterocycles. The number of H-pyrrole nitrogens is 1. The number of ether oxygens (including phenoxy) is 1. The van der Waals surface area contributed by atoms with Crippen molar-refractivity contribution in [2.75, 3.05) is 12.4 Å². The van der Waals surface area contributed by atoms with Gasteiger partial charge in [-0.1, -0.05) is 30.3 Å². The normalized spacial score (nSPS) is 11.5. The maximum absolute atomic E-state index is 13.3. The van der Waals surface area contributed by atoms with E-state index < -0.39 is 5.91 Å². The van der Waals surface area contributed by atoms with Gasteiger partial charge < -0.3 is 19.6 Å². The van der Waals surface area contributed by atoms with Gasteiger partial charge in [0, 0.05) is 12.3 Å². The van der Waals surface area contributed by atoms with E-state index in [1.807, 2.05) is 43.3 Å². The van der Waals surface area contributed by atoms with E-state index >= 15 is 0 Å². The monoisotopic (exact) mass is 416 g/mol. The number of aliphatic hydroxyl groups is 1. The smallest absolute Gasteiger partial charge is 0.261 e. The fourth-order valence-electron chi connectivity index (χ4n) is 3.27. The van der Waals surface area contributed by atoms with E-state index in [-0.39, 0.29) is 17.7 Å². The third-order valence-corrected chi connectivity index (χ3v) is 4.87. The zero-order valence-electron chi connectivity index (χ0n) is 17.2. The zero-order chi connectivity index (χ0) is 21.8. The molecule has 4 rings (SSSR count). The highest BCUT2D eigenvalue weighted by Crippen LogP contribution is 2.25. The molecule has 7 nitrogen and oxygen atoms in total. The Morgan fingerprint density at radius 2 is 1.90 bits per heavy atom. The molecule has 0 saturated heterocycles. The van der Waals surface area contributed by atoms with E-state index in [9.17, 15) is 9.90 Å². The van der Waals surface area contributed by atoms with Crippen molar-refractivity contribution in [1.29, 1.82) is 0 Å². The van der Waals surface area contributed by atoms with E-state index in [1.54, 1.807) is 37.6 Å². The summed E-state index contributed by atoms with van der Waals surface area (Å²) in [6, 6.07) is 18.1. The van der Waals surface area contributed by atoms with Crippen LogP contribution in [0.2, 0.25) is 0 Å². The molecule has 0 unspecified atom stereocenters. The Morgan fingerprint density at radius 1 is 1.16 bits per heavy atom. The average molecular weight is 416 g/mol. The third-order valence-electron chi connectivity index (χ3n) is 4.87. The minimum absolute atomic E-state index is 0.165. The number of benzene rings is 2. The van der Waals surface area contributed by atoms with Crippen molar-refractivity contribution in [3.8, 4) is 5.75 Å². The van der Waals surface area contributed by atoms with Crippen LogP contribution in [-0.2, 0) is 6.61 Å². The highest BCUT2D eigenvalue weighted by atomic mass is 16.5. The predicted octanol–water partition coefficient (Wildman–Crippen LogP) is 3.54. The summed E-state index contributed by atoms with van der Waals surface area (Å²) in [6.45, 7) is 1.65. The number of nitrogens with zero attached hydrogens (tertiary/aromatic N) is 1. The number of rotatable bonds is 5. The van der Waals surface area contributed by atoms with Gasteiger partial charge in [0.2, 0.25) is 16.8 Å². The number of carbonyl (C=O) groups excluding carboxylic acids is 1.